The van der Waals surface area contributed by atoms with Gasteiger partial charge in [-0.1, -0.05) is 11.6 Å². The van der Waals surface area contributed by atoms with Crippen LogP contribution in [-0.2, 0) is 0 Å². The van der Waals surface area contributed by atoms with Crippen molar-refractivity contribution >= 4 is 17.6 Å². The highest BCUT2D eigenvalue weighted by atomic mass is 35.5. The normalized spacial score (nSPS) is 10.5. The molecule has 0 aliphatic carbocycles. The van der Waals surface area contributed by atoms with Crippen LogP contribution in [0.4, 0.5) is 8.78 Å². The number of hydrogen-bond donors (Lipinski definition) is 1. The predicted molar refractivity (Wildman–Crippen MR) is 41.2 cm³/mol. The molecule has 6 heteroatoms. The molecule has 0 bridgehead atoms. The average molecular weight is 208 g/mol. The third kappa shape index (κ3) is 2.35. The van der Waals surface area contributed by atoms with Crippen LogP contribution in [-0.4, -0.2) is 16.1 Å². The van der Waals surface area contributed by atoms with E-state index in [1.54, 1.807) is 0 Å². The van der Waals surface area contributed by atoms with E-state index in [1.165, 1.54) is 0 Å². The summed E-state index contributed by atoms with van der Waals surface area (Å²) < 4.78 is 24.2. The smallest absolute Gasteiger partial charge is 0.354 e. The van der Waals surface area contributed by atoms with E-state index < -0.39 is 23.7 Å². The predicted octanol–water partition coefficient (Wildman–Crippen LogP) is 2.37. The van der Waals surface area contributed by atoms with Crippen LogP contribution in [0.5, 0.6) is 0 Å². The standard InChI is InChI=1S/C7H4ClF2NO2/c8-5-2-3(6(9)10)1-4(11-5)7(12)13/h1-2,6H,(H,12,13). The average Bonchev–Trinajstić information content (AvgIpc) is 2.03. The van der Waals surface area contributed by atoms with Crippen LogP contribution in [0.3, 0.4) is 0 Å². The zero-order valence-corrected chi connectivity index (χ0v) is 6.92. The van der Waals surface area contributed by atoms with Gasteiger partial charge in [0.05, 0.1) is 0 Å². The number of rotatable bonds is 2. The van der Waals surface area contributed by atoms with E-state index in [4.69, 9.17) is 16.7 Å². The second-order valence-electron chi connectivity index (χ2n) is 2.21. The van der Waals surface area contributed by atoms with E-state index in [0.717, 1.165) is 12.1 Å². The van der Waals surface area contributed by atoms with Gasteiger partial charge in [-0.3, -0.25) is 0 Å². The van der Waals surface area contributed by atoms with E-state index >= 15 is 0 Å². The Hall–Kier alpha value is -1.23. The molecule has 0 atom stereocenters. The van der Waals surface area contributed by atoms with Gasteiger partial charge in [0.25, 0.3) is 6.43 Å². The zero-order valence-electron chi connectivity index (χ0n) is 6.17. The highest BCUT2D eigenvalue weighted by Crippen LogP contribution is 2.21. The molecule has 0 saturated carbocycles. The molecular formula is C7H4ClF2NO2. The molecule has 0 unspecified atom stereocenters. The van der Waals surface area contributed by atoms with Gasteiger partial charge in [0.1, 0.15) is 10.8 Å². The number of carboxylic acid groups (broad SMARTS) is 1. The van der Waals surface area contributed by atoms with Crippen LogP contribution < -0.4 is 0 Å². The van der Waals surface area contributed by atoms with Gasteiger partial charge in [-0.05, 0) is 12.1 Å². The first kappa shape index (κ1) is 9.85. The summed E-state index contributed by atoms with van der Waals surface area (Å²) in [5.41, 5.74) is -0.930. The molecule has 0 spiro atoms. The van der Waals surface area contributed by atoms with E-state index in [0.29, 0.717) is 0 Å². The Morgan fingerprint density at radius 3 is 2.62 bits per heavy atom. The highest BCUT2D eigenvalue weighted by molar-refractivity contribution is 6.29. The molecular weight excluding hydrogens is 204 g/mol. The number of aromatic carboxylic acids is 1. The summed E-state index contributed by atoms with van der Waals surface area (Å²) >= 11 is 5.33. The topological polar surface area (TPSA) is 50.2 Å². The molecule has 70 valence electrons. The molecule has 13 heavy (non-hydrogen) atoms. The van der Waals surface area contributed by atoms with Crippen LogP contribution in [0.2, 0.25) is 5.15 Å². The molecule has 0 aliphatic rings. The number of halogens is 3. The maximum Gasteiger partial charge on any atom is 0.354 e. The van der Waals surface area contributed by atoms with Gasteiger partial charge in [0.15, 0.2) is 0 Å². The molecule has 1 heterocycles. The molecule has 0 radical (unpaired) electrons. The quantitative estimate of drug-likeness (QED) is 0.758. The van der Waals surface area contributed by atoms with Gasteiger partial charge < -0.3 is 5.11 Å². The maximum absolute atomic E-state index is 12.1. The number of nitrogens with zero attached hydrogens (tertiary/aromatic N) is 1. The molecule has 3 nitrogen and oxygen atoms in total. The lowest BCUT2D eigenvalue weighted by Crippen LogP contribution is -2.01. The van der Waals surface area contributed by atoms with Gasteiger partial charge in [0.2, 0.25) is 0 Å². The number of hydrogen-bond acceptors (Lipinski definition) is 2. The molecule has 1 rings (SSSR count). The van der Waals surface area contributed by atoms with Crippen LogP contribution in [0.25, 0.3) is 0 Å². The van der Waals surface area contributed by atoms with Crippen LogP contribution in [0.1, 0.15) is 22.5 Å². The summed E-state index contributed by atoms with van der Waals surface area (Å²) in [5.74, 6) is -1.38. The Morgan fingerprint density at radius 2 is 2.15 bits per heavy atom. The van der Waals surface area contributed by atoms with Crippen molar-refractivity contribution in [2.45, 2.75) is 6.43 Å². The van der Waals surface area contributed by atoms with Gasteiger partial charge in [-0.25, -0.2) is 18.6 Å². The Labute approximate surface area is 77.0 Å². The Balaban J connectivity index is 3.19. The van der Waals surface area contributed by atoms with E-state index in [2.05, 4.69) is 4.98 Å². The second kappa shape index (κ2) is 3.66. The van der Waals surface area contributed by atoms with Crippen LogP contribution in [0.15, 0.2) is 12.1 Å². The number of carbonyl (C=O) groups is 1. The summed E-state index contributed by atoms with van der Waals surface area (Å²) in [6.07, 6.45) is -2.75. The molecule has 0 fully saturated rings. The summed E-state index contributed by atoms with van der Waals surface area (Å²) in [5, 5.41) is 8.20. The number of carboxylic acids is 1. The first-order valence-corrected chi connectivity index (χ1v) is 3.57. The lowest BCUT2D eigenvalue weighted by atomic mass is 10.2. The van der Waals surface area contributed by atoms with Crippen LogP contribution >= 0.6 is 11.6 Å². The molecule has 0 saturated heterocycles. The van der Waals surface area contributed by atoms with Crippen molar-refractivity contribution in [1.29, 1.82) is 0 Å². The minimum absolute atomic E-state index is 0.254. The molecule has 0 amide bonds. The van der Waals surface area contributed by atoms with Crippen molar-refractivity contribution < 1.29 is 18.7 Å². The van der Waals surface area contributed by atoms with E-state index in [-0.39, 0.29) is 5.15 Å². The van der Waals surface area contributed by atoms with Crippen molar-refractivity contribution in [3.63, 3.8) is 0 Å². The number of pyridine rings is 1. The fraction of sp³-hybridized carbons (Fsp3) is 0.143. The molecule has 0 aromatic carbocycles. The first-order chi connectivity index (χ1) is 6.00. The van der Waals surface area contributed by atoms with Gasteiger partial charge in [-0.2, -0.15) is 0 Å². The van der Waals surface area contributed by atoms with E-state index in [1.807, 2.05) is 0 Å². The third-order valence-corrected chi connectivity index (χ3v) is 1.48. The SMILES string of the molecule is O=C(O)c1cc(C(F)F)cc(Cl)n1. The molecule has 1 aromatic rings. The maximum atomic E-state index is 12.1. The van der Waals surface area contributed by atoms with Crippen molar-refractivity contribution in [1.82, 2.24) is 4.98 Å². The third-order valence-electron chi connectivity index (χ3n) is 1.29. The fourth-order valence-corrected chi connectivity index (χ4v) is 0.969. The largest absolute Gasteiger partial charge is 0.477 e. The first-order valence-electron chi connectivity index (χ1n) is 3.19. The minimum atomic E-state index is -2.75. The van der Waals surface area contributed by atoms with Crippen molar-refractivity contribution in [2.75, 3.05) is 0 Å². The van der Waals surface area contributed by atoms with E-state index in [9.17, 15) is 13.6 Å². The zero-order chi connectivity index (χ0) is 10.0. The fourth-order valence-electron chi connectivity index (χ4n) is 0.752. The van der Waals surface area contributed by atoms with Crippen molar-refractivity contribution in [3.05, 3.63) is 28.5 Å². The monoisotopic (exact) mass is 207 g/mol. The van der Waals surface area contributed by atoms with Crippen molar-refractivity contribution in [3.8, 4) is 0 Å². The molecule has 1 aromatic heterocycles. The Bertz CT molecular complexity index is 343. The lowest BCUT2D eigenvalue weighted by Gasteiger charge is -2.01. The second-order valence-corrected chi connectivity index (χ2v) is 2.60. The summed E-state index contributed by atoms with van der Waals surface area (Å²) in [6, 6.07) is 1.72. The minimum Gasteiger partial charge on any atom is -0.477 e. The molecule has 1 N–H and O–H groups in total. The summed E-state index contributed by atoms with van der Waals surface area (Å²) in [7, 11) is 0. The Kier molecular flexibility index (Phi) is 2.77. The van der Waals surface area contributed by atoms with Gasteiger partial charge >= 0.3 is 5.97 Å². The van der Waals surface area contributed by atoms with Crippen LogP contribution in [0, 0.1) is 0 Å². The van der Waals surface area contributed by atoms with Crippen molar-refractivity contribution in [2.24, 2.45) is 0 Å². The highest BCUT2D eigenvalue weighted by Gasteiger charge is 2.13. The number of alkyl halides is 2. The summed E-state index contributed by atoms with van der Waals surface area (Å²) in [4.78, 5) is 13.7. The Morgan fingerprint density at radius 1 is 1.54 bits per heavy atom. The van der Waals surface area contributed by atoms with Gasteiger partial charge in [0, 0.05) is 5.56 Å². The lowest BCUT2D eigenvalue weighted by molar-refractivity contribution is 0.0690. The number of aromatic nitrogens is 1. The summed E-state index contributed by atoms with van der Waals surface area (Å²) in [6.45, 7) is 0. The molecule has 0 aliphatic heterocycles. The van der Waals surface area contributed by atoms with Gasteiger partial charge in [-0.15, -0.1) is 0 Å².